The Hall–Kier alpha value is -2.33. The van der Waals surface area contributed by atoms with Gasteiger partial charge in [-0.25, -0.2) is 19.2 Å². The third-order valence-corrected chi connectivity index (χ3v) is 5.82. The Morgan fingerprint density at radius 3 is 0.750 bits per heavy atom. The Morgan fingerprint density at radius 1 is 0.389 bits per heavy atom. The van der Waals surface area contributed by atoms with Crippen LogP contribution in [0.2, 0.25) is 0 Å². The number of rotatable bonds is 4. The molecule has 0 heterocycles. The molecule has 0 atom stereocenters. The fraction of sp³-hybridized carbons (Fsp3) is 0. The molecule has 0 fully saturated rings. The molecule has 0 radical (unpaired) electrons. The number of hydrogen-bond donors (Lipinski definition) is 4. The SMILES string of the molecule is O=C(O)c1ccc2c3ccc(C(=O)O)c4c(C(=O)O)ccc(c5ccc(C(=O)O)c1c25)c43.[H-].[H-].[H-].[H-].[Li+].[Li+].[Li+].[Li+]. The van der Waals surface area contributed by atoms with Crippen LogP contribution in [0.1, 0.15) is 47.1 Å². The molecule has 0 aliphatic carbocycles. The van der Waals surface area contributed by atoms with Gasteiger partial charge in [0.2, 0.25) is 0 Å². The molecule has 0 saturated heterocycles. The van der Waals surface area contributed by atoms with Crippen LogP contribution in [0, 0.1) is 0 Å². The molecule has 5 aromatic rings. The van der Waals surface area contributed by atoms with Crippen molar-refractivity contribution in [2.75, 3.05) is 0 Å². The molecule has 12 heteroatoms. The van der Waals surface area contributed by atoms with Crippen molar-refractivity contribution in [1.29, 1.82) is 0 Å². The summed E-state index contributed by atoms with van der Waals surface area (Å²) in [6.45, 7) is 0. The first kappa shape index (κ1) is 31.7. The van der Waals surface area contributed by atoms with Gasteiger partial charge >= 0.3 is 99.3 Å². The molecule has 5 aromatic carbocycles. The van der Waals surface area contributed by atoms with E-state index < -0.39 is 23.9 Å². The van der Waals surface area contributed by atoms with E-state index in [4.69, 9.17) is 0 Å². The molecule has 0 spiro atoms. The van der Waals surface area contributed by atoms with Crippen molar-refractivity contribution in [1.82, 2.24) is 0 Å². The molecule has 0 aliphatic rings. The fourth-order valence-corrected chi connectivity index (χ4v) is 4.60. The van der Waals surface area contributed by atoms with Gasteiger partial charge in [-0.2, -0.15) is 0 Å². The quantitative estimate of drug-likeness (QED) is 0.118. The number of carboxylic acids is 4. The van der Waals surface area contributed by atoms with E-state index in [0.29, 0.717) is 32.3 Å². The van der Waals surface area contributed by atoms with Gasteiger partial charge in [0.15, 0.2) is 0 Å². The van der Waals surface area contributed by atoms with Crippen LogP contribution >= 0.6 is 0 Å². The van der Waals surface area contributed by atoms with Gasteiger partial charge in [-0.15, -0.1) is 0 Å². The maximum absolute atomic E-state index is 11.9. The molecular formula is C24H16Li4O8. The molecular weight excluding hydrogens is 444 g/mol. The number of fused-ring (bicyclic) bond motifs is 2. The normalized spacial score (nSPS) is 10.2. The Labute approximate surface area is 257 Å². The number of aromatic carboxylic acids is 4. The van der Waals surface area contributed by atoms with Crippen molar-refractivity contribution < 1.29 is 121 Å². The second-order valence-electron chi connectivity index (χ2n) is 7.36. The molecule has 4 N–H and O–H groups in total. The third kappa shape index (κ3) is 4.47. The van der Waals surface area contributed by atoms with Crippen molar-refractivity contribution >= 4 is 67.0 Å². The van der Waals surface area contributed by atoms with Crippen LogP contribution in [0.3, 0.4) is 0 Å². The van der Waals surface area contributed by atoms with Crippen LogP contribution in [0.4, 0.5) is 0 Å². The predicted octanol–water partition coefficient (Wildman–Crippen LogP) is -7.00. The molecule has 0 bridgehead atoms. The summed E-state index contributed by atoms with van der Waals surface area (Å²) in [7, 11) is 0. The monoisotopic (exact) mass is 460 g/mol. The molecule has 5 rings (SSSR count). The minimum Gasteiger partial charge on any atom is -1.00 e. The number of benzene rings is 5. The minimum atomic E-state index is -1.28. The predicted molar refractivity (Wildman–Crippen MR) is 120 cm³/mol. The van der Waals surface area contributed by atoms with Crippen LogP contribution in [-0.2, 0) is 0 Å². The van der Waals surface area contributed by atoms with Gasteiger partial charge in [-0.05, 0) is 56.6 Å². The number of hydrogen-bond acceptors (Lipinski definition) is 4. The minimum absolute atomic E-state index is 0. The van der Waals surface area contributed by atoms with E-state index in [9.17, 15) is 39.6 Å². The molecule has 0 aromatic heterocycles. The van der Waals surface area contributed by atoms with Crippen molar-refractivity contribution in [3.8, 4) is 0 Å². The first-order valence-corrected chi connectivity index (χ1v) is 9.35. The maximum atomic E-state index is 11.9. The van der Waals surface area contributed by atoms with Gasteiger partial charge in [-0.3, -0.25) is 0 Å². The zero-order valence-electron chi connectivity index (χ0n) is 24.0. The second-order valence-corrected chi connectivity index (χ2v) is 7.36. The summed E-state index contributed by atoms with van der Waals surface area (Å²) in [4.78, 5) is 47.5. The van der Waals surface area contributed by atoms with E-state index in [1.165, 1.54) is 48.5 Å². The molecule has 0 saturated carbocycles. The summed E-state index contributed by atoms with van der Waals surface area (Å²) in [6.07, 6.45) is 0. The van der Waals surface area contributed by atoms with E-state index in [2.05, 4.69) is 0 Å². The molecule has 0 amide bonds. The van der Waals surface area contributed by atoms with E-state index in [-0.39, 0.29) is 114 Å². The van der Waals surface area contributed by atoms with Crippen LogP contribution in [0.25, 0.3) is 43.1 Å². The van der Waals surface area contributed by atoms with Gasteiger partial charge in [0.25, 0.3) is 0 Å². The smallest absolute Gasteiger partial charge is 1.00 e. The van der Waals surface area contributed by atoms with Crippen molar-refractivity contribution in [2.45, 2.75) is 0 Å². The summed E-state index contributed by atoms with van der Waals surface area (Å²) < 4.78 is 0. The molecule has 0 unspecified atom stereocenters. The first-order valence-electron chi connectivity index (χ1n) is 9.35. The average Bonchev–Trinajstić information content (AvgIpc) is 2.75. The zero-order chi connectivity index (χ0) is 22.9. The zero-order valence-corrected chi connectivity index (χ0v) is 20.0. The maximum Gasteiger partial charge on any atom is 1.00 e. The molecule has 164 valence electrons. The fourth-order valence-electron chi connectivity index (χ4n) is 4.60. The second kappa shape index (κ2) is 11.4. The van der Waals surface area contributed by atoms with E-state index in [0.717, 1.165) is 0 Å². The first-order chi connectivity index (χ1) is 15.2. The van der Waals surface area contributed by atoms with Gasteiger partial charge in [0, 0.05) is 10.8 Å². The third-order valence-electron chi connectivity index (χ3n) is 5.82. The topological polar surface area (TPSA) is 149 Å². The van der Waals surface area contributed by atoms with Gasteiger partial charge < -0.3 is 26.1 Å². The van der Waals surface area contributed by atoms with Crippen molar-refractivity contribution in [2.24, 2.45) is 0 Å². The summed E-state index contributed by atoms with van der Waals surface area (Å²) in [6, 6.07) is 11.4. The van der Waals surface area contributed by atoms with Crippen LogP contribution in [-0.4, -0.2) is 44.3 Å². The van der Waals surface area contributed by atoms with E-state index in [1.54, 1.807) is 0 Å². The van der Waals surface area contributed by atoms with Gasteiger partial charge in [0.1, 0.15) is 0 Å². The molecule has 0 aliphatic heterocycles. The van der Waals surface area contributed by atoms with Gasteiger partial charge in [-0.1, -0.05) is 24.3 Å². The molecule has 36 heavy (non-hydrogen) atoms. The van der Waals surface area contributed by atoms with Crippen LogP contribution < -0.4 is 75.4 Å². The van der Waals surface area contributed by atoms with E-state index in [1.807, 2.05) is 0 Å². The Morgan fingerprint density at radius 2 is 0.583 bits per heavy atom. The Balaban J connectivity index is -0.000000810. The van der Waals surface area contributed by atoms with Crippen LogP contribution in [0.15, 0.2) is 48.5 Å². The van der Waals surface area contributed by atoms with Crippen LogP contribution in [0.5, 0.6) is 0 Å². The summed E-state index contributed by atoms with van der Waals surface area (Å²) in [5.74, 6) is -5.13. The van der Waals surface area contributed by atoms with Crippen molar-refractivity contribution in [3.05, 3.63) is 70.8 Å². The van der Waals surface area contributed by atoms with Crippen molar-refractivity contribution in [3.63, 3.8) is 0 Å². The number of carbonyl (C=O) groups is 4. The number of carboxylic acid groups (broad SMARTS) is 4. The summed E-state index contributed by atoms with van der Waals surface area (Å²) in [5, 5.41) is 41.7. The Kier molecular flexibility index (Phi) is 10.0. The molecule has 8 nitrogen and oxygen atoms in total. The van der Waals surface area contributed by atoms with Gasteiger partial charge in [0.05, 0.1) is 22.3 Å². The summed E-state index contributed by atoms with van der Waals surface area (Å²) in [5.41, 5.74) is -0.696. The average molecular weight is 460 g/mol. The van der Waals surface area contributed by atoms with E-state index >= 15 is 0 Å². The largest absolute Gasteiger partial charge is 1.00 e. The standard InChI is InChI=1S/C24H12O8.4Li.4H/c25-21(26)13-5-1-9-10-2-6-15(23(29)30)20-16(24(31)32)8-4-12(18(10)20)11-3-7-14(22(27)28)19(13)17(9)11;;;;;;;;/h1-8H,(H,25,26)(H,27,28)(H,29,30)(H,31,32);;;;;;;;/q;4*+1;4*-1. The Bertz CT molecular complexity index is 1470. The summed E-state index contributed by atoms with van der Waals surface area (Å²) >= 11 is 0.